The van der Waals surface area contributed by atoms with E-state index in [0.29, 0.717) is 0 Å². The van der Waals surface area contributed by atoms with Crippen molar-refractivity contribution in [3.63, 3.8) is 0 Å². The third-order valence-corrected chi connectivity index (χ3v) is 4.12. The van der Waals surface area contributed by atoms with Gasteiger partial charge in [-0.3, -0.25) is 4.79 Å². The van der Waals surface area contributed by atoms with Crippen molar-refractivity contribution in [1.82, 2.24) is 0 Å². The highest BCUT2D eigenvalue weighted by Gasteiger charge is 2.05. The Hall–Kier alpha value is -2.69. The van der Waals surface area contributed by atoms with Gasteiger partial charge in [-0.1, -0.05) is 20.3 Å². The standard InChI is InChI=1S/C22H30N2O3/c1-4-6-15-26-20-11-7-18(8-12-20)23-16-22(25)24-19-9-13-21(14-10-19)27-17(3)5-2/h7-14,17,23H,4-6,15-16H2,1-3H3,(H,24,25). The lowest BCUT2D eigenvalue weighted by molar-refractivity contribution is -0.114. The molecule has 0 spiro atoms. The van der Waals surface area contributed by atoms with E-state index in [1.54, 1.807) is 0 Å². The van der Waals surface area contributed by atoms with Gasteiger partial charge in [0.25, 0.3) is 0 Å². The first-order chi connectivity index (χ1) is 13.1. The lowest BCUT2D eigenvalue weighted by Gasteiger charge is -2.13. The number of nitrogens with one attached hydrogen (secondary N) is 2. The van der Waals surface area contributed by atoms with Crippen LogP contribution in [-0.2, 0) is 4.79 Å². The third-order valence-electron chi connectivity index (χ3n) is 4.12. The number of ether oxygens (including phenoxy) is 2. The van der Waals surface area contributed by atoms with Crippen molar-refractivity contribution in [3.05, 3.63) is 48.5 Å². The van der Waals surface area contributed by atoms with Crippen LogP contribution in [-0.4, -0.2) is 25.2 Å². The first-order valence-corrected chi connectivity index (χ1v) is 9.64. The fourth-order valence-corrected chi connectivity index (χ4v) is 2.32. The van der Waals surface area contributed by atoms with E-state index >= 15 is 0 Å². The Morgan fingerprint density at radius 1 is 0.963 bits per heavy atom. The molecule has 0 aliphatic rings. The molecule has 2 rings (SSSR count). The number of hydrogen-bond acceptors (Lipinski definition) is 4. The summed E-state index contributed by atoms with van der Waals surface area (Å²) in [5.41, 5.74) is 1.63. The number of carbonyl (C=O) groups is 1. The van der Waals surface area contributed by atoms with Crippen LogP contribution in [0.1, 0.15) is 40.0 Å². The van der Waals surface area contributed by atoms with Gasteiger partial charge >= 0.3 is 0 Å². The molecule has 5 nitrogen and oxygen atoms in total. The summed E-state index contributed by atoms with van der Waals surface area (Å²) < 4.78 is 11.4. The summed E-state index contributed by atoms with van der Waals surface area (Å²) in [5, 5.41) is 5.98. The van der Waals surface area contributed by atoms with Gasteiger partial charge in [-0.2, -0.15) is 0 Å². The number of anilines is 2. The second-order valence-corrected chi connectivity index (χ2v) is 6.49. The first kappa shape index (κ1) is 20.6. The van der Waals surface area contributed by atoms with Gasteiger partial charge in [-0.25, -0.2) is 0 Å². The quantitative estimate of drug-likeness (QED) is 0.541. The number of hydrogen-bond donors (Lipinski definition) is 2. The number of carbonyl (C=O) groups excluding carboxylic acids is 1. The molecule has 0 aromatic heterocycles. The van der Waals surface area contributed by atoms with Crippen LogP contribution in [0.2, 0.25) is 0 Å². The smallest absolute Gasteiger partial charge is 0.243 e. The van der Waals surface area contributed by atoms with Gasteiger partial charge in [0.1, 0.15) is 11.5 Å². The predicted octanol–water partition coefficient (Wildman–Crippen LogP) is 5.09. The number of rotatable bonds is 11. The van der Waals surface area contributed by atoms with Crippen molar-refractivity contribution in [2.24, 2.45) is 0 Å². The molecule has 0 saturated heterocycles. The fraction of sp³-hybridized carbons (Fsp3) is 0.409. The molecular formula is C22H30N2O3. The van der Waals surface area contributed by atoms with Crippen molar-refractivity contribution in [2.75, 3.05) is 23.8 Å². The van der Waals surface area contributed by atoms with Crippen molar-refractivity contribution >= 4 is 17.3 Å². The summed E-state index contributed by atoms with van der Waals surface area (Å²) in [7, 11) is 0. The lowest BCUT2D eigenvalue weighted by Crippen LogP contribution is -2.21. The van der Waals surface area contributed by atoms with Crippen LogP contribution in [0.15, 0.2) is 48.5 Å². The average Bonchev–Trinajstić information content (AvgIpc) is 2.69. The van der Waals surface area contributed by atoms with Crippen LogP contribution in [0.5, 0.6) is 11.5 Å². The largest absolute Gasteiger partial charge is 0.494 e. The molecule has 0 fully saturated rings. The monoisotopic (exact) mass is 370 g/mol. The number of amides is 1. The minimum absolute atomic E-state index is 0.103. The average molecular weight is 370 g/mol. The summed E-state index contributed by atoms with van der Waals surface area (Å²) in [6.45, 7) is 7.18. The summed E-state index contributed by atoms with van der Waals surface area (Å²) in [6.07, 6.45) is 3.29. The van der Waals surface area contributed by atoms with Crippen LogP contribution in [0.3, 0.4) is 0 Å². The van der Waals surface area contributed by atoms with E-state index in [4.69, 9.17) is 9.47 Å². The van der Waals surface area contributed by atoms with E-state index in [0.717, 1.165) is 48.7 Å². The number of benzene rings is 2. The van der Waals surface area contributed by atoms with Gasteiger partial charge in [0.05, 0.1) is 19.3 Å². The summed E-state index contributed by atoms with van der Waals surface area (Å²) >= 11 is 0. The van der Waals surface area contributed by atoms with Crippen LogP contribution < -0.4 is 20.1 Å². The van der Waals surface area contributed by atoms with Crippen LogP contribution in [0, 0.1) is 0 Å². The van der Waals surface area contributed by atoms with Gasteiger partial charge < -0.3 is 20.1 Å². The van der Waals surface area contributed by atoms with Crippen molar-refractivity contribution in [2.45, 2.75) is 46.1 Å². The molecule has 1 unspecified atom stereocenters. The van der Waals surface area contributed by atoms with Crippen molar-refractivity contribution in [1.29, 1.82) is 0 Å². The minimum atomic E-state index is -0.103. The lowest BCUT2D eigenvalue weighted by atomic mass is 10.2. The molecule has 2 aromatic carbocycles. The molecule has 0 radical (unpaired) electrons. The zero-order valence-electron chi connectivity index (χ0n) is 16.5. The molecule has 1 atom stereocenters. The van der Waals surface area contributed by atoms with Crippen LogP contribution in [0.25, 0.3) is 0 Å². The molecule has 0 heterocycles. The van der Waals surface area contributed by atoms with E-state index in [1.807, 2.05) is 55.5 Å². The maximum atomic E-state index is 12.1. The Morgan fingerprint density at radius 3 is 2.22 bits per heavy atom. The summed E-state index contributed by atoms with van der Waals surface area (Å²) in [6, 6.07) is 15.1. The molecule has 0 bridgehead atoms. The molecule has 27 heavy (non-hydrogen) atoms. The Morgan fingerprint density at radius 2 is 1.59 bits per heavy atom. The molecule has 5 heteroatoms. The normalized spacial score (nSPS) is 11.5. The highest BCUT2D eigenvalue weighted by molar-refractivity contribution is 5.93. The predicted molar refractivity (Wildman–Crippen MR) is 111 cm³/mol. The first-order valence-electron chi connectivity index (χ1n) is 9.64. The van der Waals surface area contributed by atoms with Gasteiger partial charge in [-0.05, 0) is 68.3 Å². The Labute approximate surface area is 162 Å². The van der Waals surface area contributed by atoms with Crippen LogP contribution >= 0.6 is 0 Å². The zero-order chi connectivity index (χ0) is 19.5. The van der Waals surface area contributed by atoms with Gasteiger partial charge in [0.2, 0.25) is 5.91 Å². The molecule has 2 aromatic rings. The molecule has 0 aliphatic heterocycles. The Bertz CT molecular complexity index is 684. The summed E-state index contributed by atoms with van der Waals surface area (Å²) in [5.74, 6) is 1.55. The van der Waals surface area contributed by atoms with Gasteiger partial charge in [0.15, 0.2) is 0 Å². The molecule has 0 saturated carbocycles. The van der Waals surface area contributed by atoms with Gasteiger partial charge in [0, 0.05) is 11.4 Å². The Balaban J connectivity index is 1.75. The zero-order valence-corrected chi connectivity index (χ0v) is 16.5. The van der Waals surface area contributed by atoms with E-state index < -0.39 is 0 Å². The maximum Gasteiger partial charge on any atom is 0.243 e. The molecule has 0 aliphatic carbocycles. The van der Waals surface area contributed by atoms with Crippen molar-refractivity contribution in [3.8, 4) is 11.5 Å². The van der Waals surface area contributed by atoms with E-state index in [1.165, 1.54) is 0 Å². The SMILES string of the molecule is CCCCOc1ccc(NCC(=O)Nc2ccc(OC(C)CC)cc2)cc1. The topological polar surface area (TPSA) is 59.6 Å². The second-order valence-electron chi connectivity index (χ2n) is 6.49. The van der Waals surface area contributed by atoms with E-state index in [2.05, 4.69) is 24.5 Å². The van der Waals surface area contributed by atoms with E-state index in [-0.39, 0.29) is 18.6 Å². The molecule has 1 amide bonds. The fourth-order valence-electron chi connectivity index (χ4n) is 2.32. The molecule has 146 valence electrons. The van der Waals surface area contributed by atoms with Crippen LogP contribution in [0.4, 0.5) is 11.4 Å². The Kier molecular flexibility index (Phi) is 8.49. The summed E-state index contributed by atoms with van der Waals surface area (Å²) in [4.78, 5) is 12.1. The molecular weight excluding hydrogens is 340 g/mol. The van der Waals surface area contributed by atoms with Crippen molar-refractivity contribution < 1.29 is 14.3 Å². The number of unbranched alkanes of at least 4 members (excludes halogenated alkanes) is 1. The maximum absolute atomic E-state index is 12.1. The second kappa shape index (κ2) is 11.1. The minimum Gasteiger partial charge on any atom is -0.494 e. The van der Waals surface area contributed by atoms with Gasteiger partial charge in [-0.15, -0.1) is 0 Å². The third kappa shape index (κ3) is 7.60. The highest BCUT2D eigenvalue weighted by Crippen LogP contribution is 2.18. The highest BCUT2D eigenvalue weighted by atomic mass is 16.5. The molecule has 2 N–H and O–H groups in total. The van der Waals surface area contributed by atoms with E-state index in [9.17, 15) is 4.79 Å².